The van der Waals surface area contributed by atoms with Crippen molar-refractivity contribution >= 4 is 5.69 Å². The van der Waals surface area contributed by atoms with E-state index in [0.29, 0.717) is 17.5 Å². The van der Waals surface area contributed by atoms with Gasteiger partial charge in [0.1, 0.15) is 0 Å². The number of fused-ring (bicyclic) bond motifs is 6. The van der Waals surface area contributed by atoms with Crippen LogP contribution in [0.4, 0.5) is 5.69 Å². The van der Waals surface area contributed by atoms with Crippen LogP contribution in [-0.4, -0.2) is 12.1 Å². The van der Waals surface area contributed by atoms with Crippen LogP contribution in [0.15, 0.2) is 40.7 Å². The Kier molecular flexibility index (Phi) is 1.57. The van der Waals surface area contributed by atoms with Crippen LogP contribution in [0.5, 0.6) is 0 Å². The minimum atomic E-state index is 0.487. The van der Waals surface area contributed by atoms with Gasteiger partial charge in [-0.3, -0.25) is 0 Å². The number of benzene rings is 1. The van der Waals surface area contributed by atoms with Gasteiger partial charge in [0.05, 0.1) is 17.8 Å². The highest BCUT2D eigenvalue weighted by molar-refractivity contribution is 5.48. The molecule has 0 N–H and O–H groups in total. The highest BCUT2D eigenvalue weighted by Crippen LogP contribution is 2.70. The molecule has 4 atom stereocenters. The summed E-state index contributed by atoms with van der Waals surface area (Å²) >= 11 is 0. The Hall–Kier alpha value is -1.38. The molecule has 0 unspecified atom stereocenters. The van der Waals surface area contributed by atoms with E-state index in [1.807, 2.05) is 0 Å². The van der Waals surface area contributed by atoms with E-state index in [-0.39, 0.29) is 0 Å². The summed E-state index contributed by atoms with van der Waals surface area (Å²) in [5.41, 5.74) is 1.92. The van der Waals surface area contributed by atoms with Crippen molar-refractivity contribution < 1.29 is 0 Å². The van der Waals surface area contributed by atoms with E-state index in [9.17, 15) is 0 Å². The predicted molar refractivity (Wildman–Crippen MR) is 69.2 cm³/mol. The summed E-state index contributed by atoms with van der Waals surface area (Å²) in [4.78, 5) is 0. The van der Waals surface area contributed by atoms with E-state index in [1.165, 1.54) is 31.4 Å². The first kappa shape index (κ1) is 9.54. The van der Waals surface area contributed by atoms with Crippen LogP contribution in [-0.2, 0) is 0 Å². The molecule has 3 aliphatic carbocycles. The monoisotopic (exact) mass is 239 g/mol. The summed E-state index contributed by atoms with van der Waals surface area (Å²) in [5, 5.41) is 11.3. The SMILES string of the molecule is c1ccc(N2N=N[C@@H]3[C@@H]4C[C@H]([C@@H]32)C2(CC2)C4)cc1. The average Bonchev–Trinajstić information content (AvgIpc) is 2.76. The van der Waals surface area contributed by atoms with E-state index in [1.54, 1.807) is 0 Å². The second kappa shape index (κ2) is 2.95. The fraction of sp³-hybridized carbons (Fsp3) is 0.600. The largest absolute Gasteiger partial charge is 0.242 e. The molecule has 4 aliphatic rings. The third kappa shape index (κ3) is 1.02. The molecule has 3 saturated carbocycles. The van der Waals surface area contributed by atoms with Gasteiger partial charge in [-0.2, -0.15) is 5.11 Å². The van der Waals surface area contributed by atoms with Gasteiger partial charge in [-0.25, -0.2) is 5.01 Å². The number of anilines is 1. The van der Waals surface area contributed by atoms with Gasteiger partial charge in [-0.1, -0.05) is 23.4 Å². The zero-order chi connectivity index (χ0) is 11.7. The molecule has 2 bridgehead atoms. The number of para-hydroxylation sites is 1. The molecule has 1 spiro atoms. The Balaban J connectivity index is 1.55. The maximum Gasteiger partial charge on any atom is 0.0985 e. The van der Waals surface area contributed by atoms with Crippen molar-refractivity contribution in [2.75, 3.05) is 5.01 Å². The lowest BCUT2D eigenvalue weighted by molar-refractivity contribution is 0.258. The highest BCUT2D eigenvalue weighted by Gasteiger charge is 2.67. The highest BCUT2D eigenvalue weighted by atomic mass is 15.6. The number of hydrogen-bond donors (Lipinski definition) is 0. The molecular formula is C15H17N3. The quantitative estimate of drug-likeness (QED) is 0.738. The van der Waals surface area contributed by atoms with Gasteiger partial charge in [0.2, 0.25) is 0 Å². The Morgan fingerprint density at radius 1 is 1.17 bits per heavy atom. The maximum atomic E-state index is 4.58. The summed E-state index contributed by atoms with van der Waals surface area (Å²) in [7, 11) is 0. The normalized spacial score (nSPS) is 41.7. The molecule has 0 amide bonds. The molecule has 0 radical (unpaired) electrons. The molecule has 3 fully saturated rings. The first-order valence-corrected chi connectivity index (χ1v) is 7.12. The summed E-state index contributed by atoms with van der Waals surface area (Å²) in [6, 6.07) is 11.6. The zero-order valence-corrected chi connectivity index (χ0v) is 10.4. The molecule has 1 aromatic rings. The van der Waals surface area contributed by atoms with Gasteiger partial charge < -0.3 is 0 Å². The van der Waals surface area contributed by atoms with Crippen molar-refractivity contribution in [1.82, 2.24) is 0 Å². The molecule has 0 aromatic heterocycles. The third-order valence-corrected chi connectivity index (χ3v) is 5.73. The summed E-state index contributed by atoms with van der Waals surface area (Å²) in [6.45, 7) is 0. The van der Waals surface area contributed by atoms with E-state index >= 15 is 0 Å². The first-order valence-electron chi connectivity index (χ1n) is 7.12. The number of rotatable bonds is 1. The van der Waals surface area contributed by atoms with Crippen LogP contribution in [0.3, 0.4) is 0 Å². The fourth-order valence-electron chi connectivity index (χ4n) is 4.80. The van der Waals surface area contributed by atoms with Gasteiger partial charge in [0.25, 0.3) is 0 Å². The summed E-state index contributed by atoms with van der Waals surface area (Å²) in [6.07, 6.45) is 5.75. The topological polar surface area (TPSA) is 28.0 Å². The van der Waals surface area contributed by atoms with Crippen molar-refractivity contribution in [1.29, 1.82) is 0 Å². The fourth-order valence-corrected chi connectivity index (χ4v) is 4.80. The molecule has 3 heteroatoms. The zero-order valence-electron chi connectivity index (χ0n) is 10.4. The second-order valence-electron chi connectivity index (χ2n) is 6.53. The standard InChI is InChI=1S/C15H17N3/c1-2-4-11(5-3-1)18-14-12-8-10(13(14)16-17-18)9-15(12)6-7-15/h1-5,10,12-14H,6-9H2/t10-,12-,13-,14+/m1/s1. The molecule has 1 heterocycles. The smallest absolute Gasteiger partial charge is 0.0985 e. The van der Waals surface area contributed by atoms with Gasteiger partial charge in [0, 0.05) is 0 Å². The molecule has 1 aliphatic heterocycles. The van der Waals surface area contributed by atoms with Gasteiger partial charge in [-0.05, 0) is 55.1 Å². The molecule has 0 saturated heterocycles. The minimum Gasteiger partial charge on any atom is -0.242 e. The Morgan fingerprint density at radius 3 is 2.78 bits per heavy atom. The van der Waals surface area contributed by atoms with Crippen molar-refractivity contribution in [3.05, 3.63) is 30.3 Å². The van der Waals surface area contributed by atoms with Gasteiger partial charge >= 0.3 is 0 Å². The molecule has 3 nitrogen and oxygen atoms in total. The number of nitrogens with zero attached hydrogens (tertiary/aromatic N) is 3. The lowest BCUT2D eigenvalue weighted by Crippen LogP contribution is -2.43. The predicted octanol–water partition coefficient (Wildman–Crippen LogP) is 3.43. The molecular weight excluding hydrogens is 222 g/mol. The minimum absolute atomic E-state index is 0.487. The van der Waals surface area contributed by atoms with Crippen LogP contribution in [0.1, 0.15) is 25.7 Å². The molecule has 92 valence electrons. The molecule has 18 heavy (non-hydrogen) atoms. The maximum absolute atomic E-state index is 4.58. The Morgan fingerprint density at radius 2 is 2.00 bits per heavy atom. The number of hydrogen-bond acceptors (Lipinski definition) is 3. The Bertz CT molecular complexity index is 520. The van der Waals surface area contributed by atoms with E-state index < -0.39 is 0 Å². The van der Waals surface area contributed by atoms with Crippen molar-refractivity contribution in [3.8, 4) is 0 Å². The third-order valence-electron chi connectivity index (χ3n) is 5.73. The van der Waals surface area contributed by atoms with E-state index in [4.69, 9.17) is 0 Å². The van der Waals surface area contributed by atoms with Crippen molar-refractivity contribution in [2.45, 2.75) is 37.8 Å². The molecule has 1 aromatic carbocycles. The summed E-state index contributed by atoms with van der Waals surface area (Å²) in [5.74, 6) is 1.67. The Labute approximate surface area is 107 Å². The van der Waals surface area contributed by atoms with Crippen LogP contribution < -0.4 is 5.01 Å². The van der Waals surface area contributed by atoms with Gasteiger partial charge in [0.15, 0.2) is 0 Å². The molecule has 5 rings (SSSR count). The van der Waals surface area contributed by atoms with Gasteiger partial charge in [-0.15, -0.1) is 0 Å². The van der Waals surface area contributed by atoms with Crippen LogP contribution >= 0.6 is 0 Å². The van der Waals surface area contributed by atoms with Crippen LogP contribution in [0.2, 0.25) is 0 Å². The van der Waals surface area contributed by atoms with E-state index in [0.717, 1.165) is 11.8 Å². The lowest BCUT2D eigenvalue weighted by Gasteiger charge is -2.34. The van der Waals surface area contributed by atoms with E-state index in [2.05, 4.69) is 45.7 Å². The average molecular weight is 239 g/mol. The van der Waals surface area contributed by atoms with Crippen molar-refractivity contribution in [3.63, 3.8) is 0 Å². The lowest BCUT2D eigenvalue weighted by atomic mass is 9.79. The second-order valence-corrected chi connectivity index (χ2v) is 6.53. The summed E-state index contributed by atoms with van der Waals surface area (Å²) < 4.78 is 0. The van der Waals surface area contributed by atoms with Crippen LogP contribution in [0, 0.1) is 17.3 Å². The van der Waals surface area contributed by atoms with Crippen LogP contribution in [0.25, 0.3) is 0 Å². The van der Waals surface area contributed by atoms with Crippen molar-refractivity contribution in [2.24, 2.45) is 27.6 Å². The first-order chi connectivity index (χ1) is 8.87.